The monoisotopic (exact) mass is 383 g/mol. The lowest BCUT2D eigenvalue weighted by atomic mass is 10.1. The van der Waals surface area contributed by atoms with E-state index >= 15 is 0 Å². The number of hydrogen-bond donors (Lipinski definition) is 1. The van der Waals surface area contributed by atoms with Crippen LogP contribution in [-0.2, 0) is 0 Å². The highest BCUT2D eigenvalue weighted by atomic mass is 79.9. The van der Waals surface area contributed by atoms with Crippen molar-refractivity contribution >= 4 is 33.5 Å². The van der Waals surface area contributed by atoms with Crippen LogP contribution in [0.4, 0.5) is 5.69 Å². The van der Waals surface area contributed by atoms with Gasteiger partial charge in [-0.05, 0) is 53.7 Å². The maximum atomic E-state index is 11.4. The van der Waals surface area contributed by atoms with E-state index in [0.29, 0.717) is 11.4 Å². The molecule has 2 aromatic carbocycles. The normalized spacial score (nSPS) is 10.9. The van der Waals surface area contributed by atoms with Crippen LogP contribution in [0.3, 0.4) is 0 Å². The van der Waals surface area contributed by atoms with Gasteiger partial charge in [0.1, 0.15) is 0 Å². The van der Waals surface area contributed by atoms with Gasteiger partial charge in [0.2, 0.25) is 0 Å². The van der Waals surface area contributed by atoms with Crippen LogP contribution in [-0.4, -0.2) is 26.0 Å². The SMILES string of the molecule is CC(=O)c1cccc(N/C=C\c2nnnn2-c2ccc(Br)cc2)c1. The predicted molar refractivity (Wildman–Crippen MR) is 96.0 cm³/mol. The number of benzene rings is 2. The molecule has 120 valence electrons. The highest BCUT2D eigenvalue weighted by Gasteiger charge is 2.05. The predicted octanol–water partition coefficient (Wildman–Crippen LogP) is 3.71. The molecule has 6 nitrogen and oxygen atoms in total. The van der Waals surface area contributed by atoms with Crippen molar-refractivity contribution in [2.75, 3.05) is 5.32 Å². The van der Waals surface area contributed by atoms with Gasteiger partial charge in [-0.15, -0.1) is 5.10 Å². The van der Waals surface area contributed by atoms with Crippen molar-refractivity contribution in [3.05, 3.63) is 70.6 Å². The third-order valence-electron chi connectivity index (χ3n) is 3.32. The van der Waals surface area contributed by atoms with Crippen molar-refractivity contribution in [2.45, 2.75) is 6.92 Å². The summed E-state index contributed by atoms with van der Waals surface area (Å²) < 4.78 is 2.62. The molecule has 1 aromatic heterocycles. The number of hydrogen-bond acceptors (Lipinski definition) is 5. The van der Waals surface area contributed by atoms with Crippen LogP contribution in [0.5, 0.6) is 0 Å². The molecule has 0 saturated carbocycles. The molecule has 0 unspecified atom stereocenters. The van der Waals surface area contributed by atoms with Gasteiger partial charge < -0.3 is 5.32 Å². The summed E-state index contributed by atoms with van der Waals surface area (Å²) in [5, 5.41) is 14.8. The van der Waals surface area contributed by atoms with E-state index in [-0.39, 0.29) is 5.78 Å². The van der Waals surface area contributed by atoms with Crippen LogP contribution in [0.1, 0.15) is 23.1 Å². The Balaban J connectivity index is 1.76. The number of rotatable bonds is 5. The molecule has 7 heteroatoms. The molecule has 0 radical (unpaired) electrons. The molecule has 0 aliphatic heterocycles. The number of nitrogens with one attached hydrogen (secondary N) is 1. The molecular weight excluding hydrogens is 370 g/mol. The van der Waals surface area contributed by atoms with E-state index in [1.165, 1.54) is 0 Å². The summed E-state index contributed by atoms with van der Waals surface area (Å²) >= 11 is 3.40. The molecule has 3 aromatic rings. The molecule has 0 aliphatic carbocycles. The largest absolute Gasteiger partial charge is 0.362 e. The summed E-state index contributed by atoms with van der Waals surface area (Å²) in [7, 11) is 0. The summed E-state index contributed by atoms with van der Waals surface area (Å²) in [5.74, 6) is 0.620. The van der Waals surface area contributed by atoms with Gasteiger partial charge in [0.15, 0.2) is 11.6 Å². The van der Waals surface area contributed by atoms with Gasteiger partial charge in [0.25, 0.3) is 0 Å². The van der Waals surface area contributed by atoms with E-state index in [4.69, 9.17) is 0 Å². The first-order valence-corrected chi connectivity index (χ1v) is 8.01. The lowest BCUT2D eigenvalue weighted by Crippen LogP contribution is -2.00. The van der Waals surface area contributed by atoms with Gasteiger partial charge >= 0.3 is 0 Å². The average Bonchev–Trinajstić information content (AvgIpc) is 3.04. The third kappa shape index (κ3) is 3.75. The fourth-order valence-electron chi connectivity index (χ4n) is 2.10. The minimum absolute atomic E-state index is 0.0295. The lowest BCUT2D eigenvalue weighted by molar-refractivity contribution is 0.101. The minimum atomic E-state index is 0.0295. The molecule has 0 saturated heterocycles. The van der Waals surface area contributed by atoms with Gasteiger partial charge in [-0.3, -0.25) is 4.79 Å². The second-order valence-electron chi connectivity index (χ2n) is 5.04. The quantitative estimate of drug-likeness (QED) is 0.679. The van der Waals surface area contributed by atoms with Crippen LogP contribution < -0.4 is 5.32 Å². The van der Waals surface area contributed by atoms with E-state index in [0.717, 1.165) is 15.8 Å². The second-order valence-corrected chi connectivity index (χ2v) is 5.96. The fraction of sp³-hybridized carbons (Fsp3) is 0.0588. The Kier molecular flexibility index (Phi) is 4.81. The zero-order chi connectivity index (χ0) is 16.9. The lowest BCUT2D eigenvalue weighted by Gasteiger charge is -2.03. The number of tetrazole rings is 1. The molecule has 24 heavy (non-hydrogen) atoms. The van der Waals surface area contributed by atoms with Crippen LogP contribution >= 0.6 is 15.9 Å². The Hall–Kier alpha value is -2.80. The number of anilines is 1. The van der Waals surface area contributed by atoms with Gasteiger partial charge in [0.05, 0.1) is 5.69 Å². The second kappa shape index (κ2) is 7.18. The van der Waals surface area contributed by atoms with Crippen molar-refractivity contribution < 1.29 is 4.79 Å². The molecule has 0 aliphatic rings. The van der Waals surface area contributed by atoms with Crippen molar-refractivity contribution in [1.29, 1.82) is 0 Å². The molecule has 1 heterocycles. The number of carbonyl (C=O) groups is 1. The zero-order valence-electron chi connectivity index (χ0n) is 12.8. The van der Waals surface area contributed by atoms with Crippen LogP contribution in [0.25, 0.3) is 11.8 Å². The molecule has 1 N–H and O–H groups in total. The first-order valence-electron chi connectivity index (χ1n) is 7.22. The summed E-state index contributed by atoms with van der Waals surface area (Å²) in [4.78, 5) is 11.4. The molecule has 0 bridgehead atoms. The molecule has 0 atom stereocenters. The molecule has 0 spiro atoms. The van der Waals surface area contributed by atoms with Crippen LogP contribution in [0.15, 0.2) is 59.2 Å². The number of nitrogens with zero attached hydrogens (tertiary/aromatic N) is 4. The molecule has 3 rings (SSSR count). The van der Waals surface area contributed by atoms with E-state index in [1.54, 1.807) is 36.0 Å². The van der Waals surface area contributed by atoms with Gasteiger partial charge in [-0.2, -0.15) is 4.68 Å². The topological polar surface area (TPSA) is 72.7 Å². The van der Waals surface area contributed by atoms with Crippen molar-refractivity contribution in [3.8, 4) is 5.69 Å². The molecule has 0 amide bonds. The average molecular weight is 384 g/mol. The smallest absolute Gasteiger partial charge is 0.181 e. The number of aromatic nitrogens is 4. The number of Topliss-reactive ketones (excluding diaryl/α,β-unsaturated/α-hetero) is 1. The fourth-order valence-corrected chi connectivity index (χ4v) is 2.37. The highest BCUT2D eigenvalue weighted by molar-refractivity contribution is 9.10. The van der Waals surface area contributed by atoms with Crippen molar-refractivity contribution in [2.24, 2.45) is 0 Å². The first-order chi connectivity index (χ1) is 11.6. The van der Waals surface area contributed by atoms with E-state index < -0.39 is 0 Å². The Morgan fingerprint density at radius 3 is 2.75 bits per heavy atom. The van der Waals surface area contributed by atoms with E-state index in [1.807, 2.05) is 36.4 Å². The van der Waals surface area contributed by atoms with Crippen LogP contribution in [0, 0.1) is 0 Å². The zero-order valence-corrected chi connectivity index (χ0v) is 14.4. The number of halogens is 1. The molecular formula is C17H14BrN5O. The maximum absolute atomic E-state index is 11.4. The number of ketones is 1. The van der Waals surface area contributed by atoms with Gasteiger partial charge in [-0.25, -0.2) is 0 Å². The Labute approximate surface area is 147 Å². The van der Waals surface area contributed by atoms with Crippen LogP contribution in [0.2, 0.25) is 0 Å². The van der Waals surface area contributed by atoms with E-state index in [2.05, 4.69) is 36.8 Å². The molecule has 0 fully saturated rings. The minimum Gasteiger partial charge on any atom is -0.362 e. The first kappa shape index (κ1) is 16.1. The summed E-state index contributed by atoms with van der Waals surface area (Å²) in [6.07, 6.45) is 3.50. The summed E-state index contributed by atoms with van der Waals surface area (Å²) in [6.45, 7) is 1.54. The standard InChI is InChI=1S/C17H14BrN5O/c1-12(24)13-3-2-4-15(11-13)19-10-9-17-20-21-22-23(17)16-7-5-14(18)6-8-16/h2-11,19H,1H3/b10-9-. The van der Waals surface area contributed by atoms with Gasteiger partial charge in [-0.1, -0.05) is 28.1 Å². The van der Waals surface area contributed by atoms with Crippen molar-refractivity contribution in [1.82, 2.24) is 20.2 Å². The van der Waals surface area contributed by atoms with Crippen molar-refractivity contribution in [3.63, 3.8) is 0 Å². The summed E-state index contributed by atoms with van der Waals surface area (Å²) in [5.41, 5.74) is 2.34. The third-order valence-corrected chi connectivity index (χ3v) is 3.84. The summed E-state index contributed by atoms with van der Waals surface area (Å²) in [6, 6.07) is 15.0. The number of carbonyl (C=O) groups excluding carboxylic acids is 1. The Bertz CT molecular complexity index is 886. The van der Waals surface area contributed by atoms with Gasteiger partial charge in [0, 0.05) is 28.0 Å². The Morgan fingerprint density at radius 2 is 2.00 bits per heavy atom. The highest BCUT2D eigenvalue weighted by Crippen LogP contribution is 2.15. The Morgan fingerprint density at radius 1 is 1.21 bits per heavy atom. The van der Waals surface area contributed by atoms with E-state index in [9.17, 15) is 4.79 Å². The maximum Gasteiger partial charge on any atom is 0.181 e.